The molecular weight excluding hydrogens is 324 g/mol. The van der Waals surface area contributed by atoms with Crippen molar-refractivity contribution in [3.63, 3.8) is 0 Å². The fourth-order valence-corrected chi connectivity index (χ4v) is 3.60. The van der Waals surface area contributed by atoms with Gasteiger partial charge < -0.3 is 15.4 Å². The van der Waals surface area contributed by atoms with Gasteiger partial charge in [-0.15, -0.1) is 0 Å². The van der Waals surface area contributed by atoms with Crippen LogP contribution in [0.15, 0.2) is 36.4 Å². The molecule has 2 amide bonds. The van der Waals surface area contributed by atoms with E-state index >= 15 is 0 Å². The van der Waals surface area contributed by atoms with Gasteiger partial charge in [0.25, 0.3) is 0 Å². The van der Waals surface area contributed by atoms with Crippen molar-refractivity contribution in [2.24, 2.45) is 0 Å². The van der Waals surface area contributed by atoms with Crippen LogP contribution in [-0.2, 0) is 6.42 Å². The van der Waals surface area contributed by atoms with Crippen molar-refractivity contribution in [2.75, 3.05) is 13.1 Å². The number of nitrogens with one attached hydrogen (secondary N) is 2. The first-order valence-corrected chi connectivity index (χ1v) is 9.96. The summed E-state index contributed by atoms with van der Waals surface area (Å²) in [5, 5.41) is 8.21. The highest BCUT2D eigenvalue weighted by Gasteiger charge is 2.15. The molecule has 1 fully saturated rings. The van der Waals surface area contributed by atoms with Gasteiger partial charge in [-0.1, -0.05) is 37.6 Å². The van der Waals surface area contributed by atoms with Crippen LogP contribution in [-0.4, -0.2) is 25.2 Å². The minimum Gasteiger partial charge on any atom is -0.490 e. The number of carbonyl (C=O) groups is 1. The summed E-state index contributed by atoms with van der Waals surface area (Å²) in [6.07, 6.45) is 8.32. The molecule has 2 aromatic carbocycles. The Morgan fingerprint density at radius 2 is 1.88 bits per heavy atom. The maximum Gasteiger partial charge on any atom is 0.314 e. The first kappa shape index (κ1) is 18.6. The Morgan fingerprint density at radius 3 is 2.69 bits per heavy atom. The van der Waals surface area contributed by atoms with E-state index in [0.717, 1.165) is 31.4 Å². The van der Waals surface area contributed by atoms with Gasteiger partial charge in [-0.25, -0.2) is 4.79 Å². The fourth-order valence-electron chi connectivity index (χ4n) is 3.60. The van der Waals surface area contributed by atoms with E-state index in [1.54, 1.807) is 0 Å². The molecule has 2 N–H and O–H groups in total. The number of hydrogen-bond donors (Lipinski definition) is 2. The summed E-state index contributed by atoms with van der Waals surface area (Å²) in [7, 11) is 0. The zero-order valence-corrected chi connectivity index (χ0v) is 15.7. The number of urea groups is 1. The van der Waals surface area contributed by atoms with Crippen LogP contribution in [0.2, 0.25) is 0 Å². The summed E-state index contributed by atoms with van der Waals surface area (Å²) in [5.41, 5.74) is 1.24. The summed E-state index contributed by atoms with van der Waals surface area (Å²) in [5.74, 6) is 0.963. The molecule has 0 radical (unpaired) electrons. The summed E-state index contributed by atoms with van der Waals surface area (Å²) in [4.78, 5) is 11.7. The van der Waals surface area contributed by atoms with Gasteiger partial charge in [-0.05, 0) is 67.0 Å². The normalized spacial score (nSPS) is 15.0. The van der Waals surface area contributed by atoms with E-state index < -0.39 is 0 Å². The monoisotopic (exact) mass is 354 g/mol. The van der Waals surface area contributed by atoms with Crippen LogP contribution in [0.3, 0.4) is 0 Å². The summed E-state index contributed by atoms with van der Waals surface area (Å²) in [6.45, 7) is 3.38. The lowest BCUT2D eigenvalue weighted by atomic mass is 9.97. The summed E-state index contributed by atoms with van der Waals surface area (Å²) in [6, 6.07) is 12.6. The van der Waals surface area contributed by atoms with Crippen LogP contribution in [0.1, 0.15) is 51.0 Å². The smallest absolute Gasteiger partial charge is 0.314 e. The highest BCUT2D eigenvalue weighted by molar-refractivity contribution is 5.87. The van der Waals surface area contributed by atoms with Crippen LogP contribution >= 0.6 is 0 Å². The number of amides is 2. The molecule has 0 atom stereocenters. The van der Waals surface area contributed by atoms with E-state index in [-0.39, 0.29) is 6.03 Å². The third kappa shape index (κ3) is 5.13. The Bertz CT molecular complexity index is 723. The Kier molecular flexibility index (Phi) is 6.75. The quantitative estimate of drug-likeness (QED) is 0.750. The number of hydrogen-bond acceptors (Lipinski definition) is 2. The van der Waals surface area contributed by atoms with Crippen LogP contribution in [0.5, 0.6) is 5.75 Å². The number of rotatable bonds is 7. The molecule has 1 aliphatic carbocycles. The Labute approximate surface area is 156 Å². The topological polar surface area (TPSA) is 50.4 Å². The minimum absolute atomic E-state index is 0.0894. The van der Waals surface area contributed by atoms with Gasteiger partial charge >= 0.3 is 6.03 Å². The number of ether oxygens (including phenoxy) is 1. The Morgan fingerprint density at radius 1 is 1.08 bits per heavy atom. The average molecular weight is 354 g/mol. The van der Waals surface area contributed by atoms with Crippen LogP contribution < -0.4 is 15.4 Å². The second-order valence-electron chi connectivity index (χ2n) is 7.11. The predicted octanol–water partition coefficient (Wildman–Crippen LogP) is 4.80. The standard InChI is InChI=1S/C22H30N2O2/c1-2-14-23-22(25)24-15-13-18-8-6-7-17-11-12-20(16-21(17)18)26-19-9-4-3-5-10-19/h6-8,11-12,16,19H,2-5,9-10,13-15H2,1H3,(H2,23,24,25). The van der Waals surface area contributed by atoms with Crippen molar-refractivity contribution in [3.05, 3.63) is 42.0 Å². The predicted molar refractivity (Wildman–Crippen MR) is 107 cm³/mol. The van der Waals surface area contributed by atoms with E-state index in [2.05, 4.69) is 47.0 Å². The molecule has 4 nitrogen and oxygen atoms in total. The zero-order valence-electron chi connectivity index (χ0n) is 15.7. The third-order valence-corrected chi connectivity index (χ3v) is 5.01. The fraction of sp³-hybridized carbons (Fsp3) is 0.500. The largest absolute Gasteiger partial charge is 0.490 e. The van der Waals surface area contributed by atoms with E-state index in [9.17, 15) is 4.79 Å². The van der Waals surface area contributed by atoms with Crippen molar-refractivity contribution in [1.29, 1.82) is 0 Å². The highest BCUT2D eigenvalue weighted by atomic mass is 16.5. The summed E-state index contributed by atoms with van der Waals surface area (Å²) >= 11 is 0. The molecule has 0 bridgehead atoms. The maximum atomic E-state index is 11.7. The van der Waals surface area contributed by atoms with Gasteiger partial charge in [0.05, 0.1) is 6.10 Å². The Hall–Kier alpha value is -2.23. The second-order valence-corrected chi connectivity index (χ2v) is 7.11. The number of fused-ring (bicyclic) bond motifs is 1. The molecule has 26 heavy (non-hydrogen) atoms. The van der Waals surface area contributed by atoms with Crippen molar-refractivity contribution >= 4 is 16.8 Å². The molecule has 140 valence electrons. The van der Waals surface area contributed by atoms with Crippen molar-refractivity contribution in [3.8, 4) is 5.75 Å². The van der Waals surface area contributed by atoms with E-state index in [1.165, 1.54) is 35.6 Å². The highest BCUT2D eigenvalue weighted by Crippen LogP contribution is 2.28. The minimum atomic E-state index is -0.0894. The lowest BCUT2D eigenvalue weighted by Gasteiger charge is -2.23. The van der Waals surface area contributed by atoms with Crippen LogP contribution in [0, 0.1) is 0 Å². The molecule has 1 aliphatic rings. The molecule has 1 saturated carbocycles. The molecule has 4 heteroatoms. The lowest BCUT2D eigenvalue weighted by Crippen LogP contribution is -2.36. The second kappa shape index (κ2) is 9.46. The average Bonchev–Trinajstić information content (AvgIpc) is 2.67. The molecule has 0 heterocycles. The summed E-state index contributed by atoms with van der Waals surface area (Å²) < 4.78 is 6.23. The molecular formula is C22H30N2O2. The zero-order chi connectivity index (χ0) is 18.2. The van der Waals surface area contributed by atoms with Crippen molar-refractivity contribution < 1.29 is 9.53 Å². The van der Waals surface area contributed by atoms with Gasteiger partial charge in [-0.3, -0.25) is 0 Å². The van der Waals surface area contributed by atoms with Gasteiger partial charge in [0.1, 0.15) is 5.75 Å². The molecule has 3 rings (SSSR count). The molecule has 0 aromatic heterocycles. The molecule has 0 spiro atoms. The Balaban J connectivity index is 1.65. The van der Waals surface area contributed by atoms with E-state index in [4.69, 9.17) is 4.74 Å². The lowest BCUT2D eigenvalue weighted by molar-refractivity contribution is 0.155. The number of benzene rings is 2. The van der Waals surface area contributed by atoms with Crippen LogP contribution in [0.25, 0.3) is 10.8 Å². The number of carbonyl (C=O) groups excluding carboxylic acids is 1. The van der Waals surface area contributed by atoms with E-state index in [1.807, 2.05) is 6.92 Å². The van der Waals surface area contributed by atoms with E-state index in [0.29, 0.717) is 19.2 Å². The van der Waals surface area contributed by atoms with Crippen molar-refractivity contribution in [2.45, 2.75) is 58.0 Å². The molecule has 0 unspecified atom stereocenters. The van der Waals surface area contributed by atoms with Gasteiger partial charge in [0.15, 0.2) is 0 Å². The SMILES string of the molecule is CCCNC(=O)NCCc1cccc2ccc(OC3CCCCC3)cc12. The van der Waals surface area contributed by atoms with Gasteiger partial charge in [0.2, 0.25) is 0 Å². The first-order valence-electron chi connectivity index (χ1n) is 9.96. The molecule has 0 aliphatic heterocycles. The molecule has 2 aromatic rings. The maximum absolute atomic E-state index is 11.7. The third-order valence-electron chi connectivity index (χ3n) is 5.01. The first-order chi connectivity index (χ1) is 12.8. The van der Waals surface area contributed by atoms with Crippen LogP contribution in [0.4, 0.5) is 4.79 Å². The van der Waals surface area contributed by atoms with Gasteiger partial charge in [-0.2, -0.15) is 0 Å². The molecule has 0 saturated heterocycles. The van der Waals surface area contributed by atoms with Crippen molar-refractivity contribution in [1.82, 2.24) is 10.6 Å². The van der Waals surface area contributed by atoms with Gasteiger partial charge in [0, 0.05) is 13.1 Å².